The fraction of sp³-hybridized carbons (Fsp3) is 0.429. The molecule has 0 unspecified atom stereocenters. The third-order valence-electron chi connectivity index (χ3n) is 1.30. The molecule has 1 aromatic heterocycles. The zero-order valence-electron chi connectivity index (χ0n) is 7.79. The average molecular weight is 200 g/mol. The van der Waals surface area contributed by atoms with E-state index in [1.807, 2.05) is 12.3 Å². The van der Waals surface area contributed by atoms with Crippen LogP contribution in [0.25, 0.3) is 0 Å². The number of urea groups is 1. The molecule has 0 aromatic carbocycles. The van der Waals surface area contributed by atoms with E-state index in [1.54, 1.807) is 14.1 Å². The van der Waals surface area contributed by atoms with E-state index in [-0.39, 0.29) is 6.03 Å². The Labute approximate surface area is 80.7 Å². The number of nitrogens with one attached hydrogen (secondary N) is 2. The fourth-order valence-corrected chi connectivity index (χ4v) is 1.27. The van der Waals surface area contributed by atoms with Crippen molar-refractivity contribution in [1.29, 1.82) is 0 Å². The Morgan fingerprint density at radius 1 is 1.62 bits per heavy atom. The summed E-state index contributed by atoms with van der Waals surface area (Å²) in [4.78, 5) is 16.6. The number of rotatable bonds is 2. The van der Waals surface area contributed by atoms with Crippen molar-refractivity contribution in [2.45, 2.75) is 6.92 Å². The molecule has 0 aliphatic heterocycles. The summed E-state index contributed by atoms with van der Waals surface area (Å²) in [6.45, 7) is 1.90. The highest BCUT2D eigenvalue weighted by Gasteiger charge is 2.02. The number of anilines is 1. The van der Waals surface area contributed by atoms with Crippen LogP contribution in [0, 0.1) is 6.92 Å². The van der Waals surface area contributed by atoms with Crippen LogP contribution in [0.2, 0.25) is 0 Å². The summed E-state index contributed by atoms with van der Waals surface area (Å²) >= 11 is 1.45. The maximum Gasteiger partial charge on any atom is 0.335 e. The smallest absolute Gasteiger partial charge is 0.330 e. The lowest BCUT2D eigenvalue weighted by Crippen LogP contribution is -2.38. The van der Waals surface area contributed by atoms with Gasteiger partial charge in [-0.15, -0.1) is 11.3 Å². The first-order valence-electron chi connectivity index (χ1n) is 3.75. The number of carbonyl (C=O) groups is 1. The monoisotopic (exact) mass is 200 g/mol. The van der Waals surface area contributed by atoms with Gasteiger partial charge in [0.15, 0.2) is 0 Å². The Bertz CT molecular complexity index is 296. The molecule has 0 saturated heterocycles. The lowest BCUT2D eigenvalue weighted by atomic mass is 10.6. The SMILES string of the molecule is Cc1csc(NNC(=O)N(C)C)n1. The maximum absolute atomic E-state index is 11.1. The molecule has 0 fully saturated rings. The number of hydrogen-bond acceptors (Lipinski definition) is 4. The van der Waals surface area contributed by atoms with Crippen molar-refractivity contribution in [1.82, 2.24) is 15.3 Å². The van der Waals surface area contributed by atoms with Gasteiger partial charge in [-0.25, -0.2) is 15.2 Å². The summed E-state index contributed by atoms with van der Waals surface area (Å²) in [6.07, 6.45) is 0. The van der Waals surface area contributed by atoms with Gasteiger partial charge in [0.05, 0.1) is 5.69 Å². The van der Waals surface area contributed by atoms with Crippen molar-refractivity contribution >= 4 is 22.5 Å². The molecule has 2 N–H and O–H groups in total. The van der Waals surface area contributed by atoms with Crippen molar-refractivity contribution in [2.24, 2.45) is 0 Å². The summed E-state index contributed by atoms with van der Waals surface area (Å²) in [7, 11) is 3.34. The predicted octanol–water partition coefficient (Wildman–Crippen LogP) is 1.05. The van der Waals surface area contributed by atoms with E-state index in [4.69, 9.17) is 0 Å². The first-order valence-corrected chi connectivity index (χ1v) is 4.63. The molecule has 5 nitrogen and oxygen atoms in total. The number of hydrazine groups is 1. The molecule has 13 heavy (non-hydrogen) atoms. The third kappa shape index (κ3) is 2.90. The maximum atomic E-state index is 11.1. The number of aromatic nitrogens is 1. The van der Waals surface area contributed by atoms with Gasteiger partial charge in [-0.05, 0) is 6.92 Å². The standard InChI is InChI=1S/C7H12N4OS/c1-5-4-13-6(8-5)9-10-7(12)11(2)3/h4H,1-3H3,(H,8,9)(H,10,12). The van der Waals surface area contributed by atoms with E-state index >= 15 is 0 Å². The fourth-order valence-electron chi connectivity index (χ4n) is 0.630. The quantitative estimate of drug-likeness (QED) is 0.701. The molecule has 1 aromatic rings. The molecule has 0 saturated carbocycles. The molecule has 1 rings (SSSR count). The van der Waals surface area contributed by atoms with Gasteiger partial charge in [0, 0.05) is 19.5 Å². The topological polar surface area (TPSA) is 57.3 Å². The average Bonchev–Trinajstić information content (AvgIpc) is 2.47. The second-order valence-electron chi connectivity index (χ2n) is 2.74. The van der Waals surface area contributed by atoms with Gasteiger partial charge in [-0.1, -0.05) is 0 Å². The van der Waals surface area contributed by atoms with Gasteiger partial charge in [-0.2, -0.15) is 0 Å². The number of aryl methyl sites for hydroxylation is 1. The van der Waals surface area contributed by atoms with Gasteiger partial charge >= 0.3 is 6.03 Å². The predicted molar refractivity (Wildman–Crippen MR) is 52.7 cm³/mol. The number of carbonyl (C=O) groups excluding carboxylic acids is 1. The molecule has 72 valence electrons. The van der Waals surface area contributed by atoms with Crippen molar-refractivity contribution in [3.05, 3.63) is 11.1 Å². The van der Waals surface area contributed by atoms with E-state index in [9.17, 15) is 4.79 Å². The summed E-state index contributed by atoms with van der Waals surface area (Å²) in [6, 6.07) is -0.201. The van der Waals surface area contributed by atoms with E-state index in [0.717, 1.165) is 5.69 Å². The van der Waals surface area contributed by atoms with Gasteiger partial charge in [-0.3, -0.25) is 5.43 Å². The first kappa shape index (κ1) is 9.79. The Morgan fingerprint density at radius 3 is 2.77 bits per heavy atom. The summed E-state index contributed by atoms with van der Waals surface area (Å²) in [5, 5.41) is 2.59. The van der Waals surface area contributed by atoms with E-state index in [0.29, 0.717) is 5.13 Å². The number of nitrogens with zero attached hydrogens (tertiary/aromatic N) is 2. The van der Waals surface area contributed by atoms with Gasteiger partial charge in [0.25, 0.3) is 0 Å². The van der Waals surface area contributed by atoms with Crippen LogP contribution in [0.3, 0.4) is 0 Å². The first-order chi connectivity index (χ1) is 6.09. The Morgan fingerprint density at radius 2 is 2.31 bits per heavy atom. The molecular weight excluding hydrogens is 188 g/mol. The lowest BCUT2D eigenvalue weighted by Gasteiger charge is -2.11. The van der Waals surface area contributed by atoms with E-state index in [2.05, 4.69) is 15.8 Å². The zero-order valence-corrected chi connectivity index (χ0v) is 8.60. The van der Waals surface area contributed by atoms with Crippen LogP contribution >= 0.6 is 11.3 Å². The zero-order chi connectivity index (χ0) is 9.84. The Hall–Kier alpha value is -1.30. The van der Waals surface area contributed by atoms with E-state index in [1.165, 1.54) is 16.2 Å². The highest BCUT2D eigenvalue weighted by molar-refractivity contribution is 7.13. The number of hydrogen-bond donors (Lipinski definition) is 2. The molecule has 0 radical (unpaired) electrons. The normalized spacial score (nSPS) is 9.46. The summed E-state index contributed by atoms with van der Waals surface area (Å²) < 4.78 is 0. The summed E-state index contributed by atoms with van der Waals surface area (Å²) in [5.74, 6) is 0. The molecule has 1 heterocycles. The molecule has 0 spiro atoms. The lowest BCUT2D eigenvalue weighted by molar-refractivity contribution is 0.219. The van der Waals surface area contributed by atoms with Gasteiger partial charge in [0.2, 0.25) is 5.13 Å². The second kappa shape index (κ2) is 4.08. The Kier molecular flexibility index (Phi) is 3.07. The van der Waals surface area contributed by atoms with Crippen LogP contribution < -0.4 is 10.9 Å². The minimum Gasteiger partial charge on any atom is -0.330 e. The van der Waals surface area contributed by atoms with Gasteiger partial charge in [0.1, 0.15) is 0 Å². The molecule has 2 amide bonds. The van der Waals surface area contributed by atoms with Crippen LogP contribution in [0.1, 0.15) is 5.69 Å². The largest absolute Gasteiger partial charge is 0.335 e. The Balaban J connectivity index is 2.39. The molecule has 0 aliphatic rings. The molecule has 0 bridgehead atoms. The van der Waals surface area contributed by atoms with Crippen molar-refractivity contribution in [3.63, 3.8) is 0 Å². The highest BCUT2D eigenvalue weighted by atomic mass is 32.1. The number of thiazole rings is 1. The minimum absolute atomic E-state index is 0.201. The van der Waals surface area contributed by atoms with Crippen molar-refractivity contribution in [2.75, 3.05) is 19.5 Å². The van der Waals surface area contributed by atoms with Crippen LogP contribution in [-0.2, 0) is 0 Å². The minimum atomic E-state index is -0.201. The molecular formula is C7H12N4OS. The van der Waals surface area contributed by atoms with E-state index < -0.39 is 0 Å². The second-order valence-corrected chi connectivity index (χ2v) is 3.60. The third-order valence-corrected chi connectivity index (χ3v) is 2.18. The van der Waals surface area contributed by atoms with Crippen molar-refractivity contribution < 1.29 is 4.79 Å². The van der Waals surface area contributed by atoms with Gasteiger partial charge < -0.3 is 4.90 Å². The summed E-state index contributed by atoms with van der Waals surface area (Å²) in [5.41, 5.74) is 6.15. The number of amides is 2. The highest BCUT2D eigenvalue weighted by Crippen LogP contribution is 2.12. The van der Waals surface area contributed by atoms with Crippen molar-refractivity contribution in [3.8, 4) is 0 Å². The van der Waals surface area contributed by atoms with Crippen LogP contribution in [-0.4, -0.2) is 30.0 Å². The van der Waals surface area contributed by atoms with Crippen LogP contribution in [0.5, 0.6) is 0 Å². The molecule has 6 heteroatoms. The molecule has 0 aliphatic carbocycles. The molecule has 0 atom stereocenters. The van der Waals surface area contributed by atoms with Crippen LogP contribution in [0.15, 0.2) is 5.38 Å². The van der Waals surface area contributed by atoms with Crippen LogP contribution in [0.4, 0.5) is 9.93 Å².